The van der Waals surface area contributed by atoms with E-state index in [2.05, 4.69) is 6.92 Å². The second-order valence-corrected chi connectivity index (χ2v) is 7.14. The average Bonchev–Trinajstić information content (AvgIpc) is 2.88. The summed E-state index contributed by atoms with van der Waals surface area (Å²) in [5.74, 6) is -0.737. The Kier molecular flexibility index (Phi) is 5.04. The van der Waals surface area contributed by atoms with Crippen molar-refractivity contribution in [2.24, 2.45) is 11.8 Å². The summed E-state index contributed by atoms with van der Waals surface area (Å²) >= 11 is 1.58. The Hall–Kier alpha value is -1.36. The average molecular weight is 309 g/mol. The number of carbonyl (C=O) groups excluding carboxylic acids is 1. The van der Waals surface area contributed by atoms with E-state index in [-0.39, 0.29) is 12.5 Å². The van der Waals surface area contributed by atoms with Crippen molar-refractivity contribution < 1.29 is 14.7 Å². The topological polar surface area (TPSA) is 57.6 Å². The molecule has 1 aliphatic carbocycles. The van der Waals surface area contributed by atoms with Crippen LogP contribution in [0.5, 0.6) is 0 Å². The third kappa shape index (κ3) is 3.64. The Labute approximate surface area is 129 Å². The number of hydrogen-bond donors (Lipinski definition) is 1. The minimum atomic E-state index is -0.870. The predicted octanol–water partition coefficient (Wildman–Crippen LogP) is 3.06. The molecule has 2 rings (SSSR count). The molecule has 1 aromatic rings. The van der Waals surface area contributed by atoms with Crippen LogP contribution in [-0.4, -0.2) is 35.5 Å². The molecular formula is C16H23NO3S. The first kappa shape index (κ1) is 16.0. The van der Waals surface area contributed by atoms with Gasteiger partial charge in [0.1, 0.15) is 0 Å². The summed E-state index contributed by atoms with van der Waals surface area (Å²) in [6.07, 6.45) is 4.55. The highest BCUT2D eigenvalue weighted by atomic mass is 32.1. The molecule has 0 aromatic carbocycles. The van der Waals surface area contributed by atoms with Crippen LogP contribution in [0, 0.1) is 11.8 Å². The number of thiophene rings is 1. The molecule has 0 bridgehead atoms. The van der Waals surface area contributed by atoms with Crippen molar-refractivity contribution in [1.82, 2.24) is 4.90 Å². The normalized spacial score (nSPS) is 18.9. The summed E-state index contributed by atoms with van der Waals surface area (Å²) in [7, 11) is 1.68. The Morgan fingerprint density at radius 2 is 2.24 bits per heavy atom. The van der Waals surface area contributed by atoms with E-state index in [1.165, 1.54) is 28.2 Å². The standard InChI is InChI=1S/C16H23NO3S/c1-4-11-5-6-13-12(7-11)8-14(21-13)15(18)17(3)9-10(2)16(19)20/h8,10-11H,4-7,9H2,1-3H3,(H,19,20). The Bertz CT molecular complexity index is 538. The molecule has 0 fully saturated rings. The number of carboxylic acids is 1. The van der Waals surface area contributed by atoms with Crippen molar-refractivity contribution in [1.29, 1.82) is 0 Å². The fraction of sp³-hybridized carbons (Fsp3) is 0.625. The van der Waals surface area contributed by atoms with Crippen LogP contribution in [0.25, 0.3) is 0 Å². The minimum Gasteiger partial charge on any atom is -0.481 e. The van der Waals surface area contributed by atoms with E-state index in [0.717, 1.165) is 23.6 Å². The highest BCUT2D eigenvalue weighted by Gasteiger charge is 2.24. The number of nitrogens with zero attached hydrogens (tertiary/aromatic N) is 1. The number of amides is 1. The molecule has 0 spiro atoms. The summed E-state index contributed by atoms with van der Waals surface area (Å²) in [6, 6.07) is 2.02. The lowest BCUT2D eigenvalue weighted by molar-refractivity contribution is -0.141. The zero-order valence-corrected chi connectivity index (χ0v) is 13.7. The number of aliphatic carboxylic acids is 1. The molecule has 2 unspecified atom stereocenters. The maximum atomic E-state index is 12.4. The van der Waals surface area contributed by atoms with E-state index in [4.69, 9.17) is 5.11 Å². The molecule has 1 amide bonds. The summed E-state index contributed by atoms with van der Waals surface area (Å²) < 4.78 is 0. The van der Waals surface area contributed by atoms with E-state index in [1.807, 2.05) is 6.07 Å². The van der Waals surface area contributed by atoms with Crippen molar-refractivity contribution in [3.05, 3.63) is 21.4 Å². The van der Waals surface area contributed by atoms with Gasteiger partial charge in [0, 0.05) is 18.5 Å². The molecule has 0 aliphatic heterocycles. The lowest BCUT2D eigenvalue weighted by Crippen LogP contribution is -2.33. The largest absolute Gasteiger partial charge is 0.481 e. The zero-order valence-electron chi connectivity index (χ0n) is 12.9. The summed E-state index contributed by atoms with van der Waals surface area (Å²) in [5, 5.41) is 8.94. The van der Waals surface area contributed by atoms with E-state index in [1.54, 1.807) is 25.3 Å². The predicted molar refractivity (Wildman–Crippen MR) is 83.9 cm³/mol. The second kappa shape index (κ2) is 6.60. The van der Waals surface area contributed by atoms with E-state index in [9.17, 15) is 9.59 Å². The SMILES string of the molecule is CCC1CCc2sc(C(=O)N(C)CC(C)C(=O)O)cc2C1. The maximum absolute atomic E-state index is 12.4. The number of rotatable bonds is 5. The van der Waals surface area contributed by atoms with Gasteiger partial charge in [-0.2, -0.15) is 0 Å². The first-order valence-electron chi connectivity index (χ1n) is 7.52. The summed E-state index contributed by atoms with van der Waals surface area (Å²) in [5.41, 5.74) is 1.32. The molecule has 0 saturated carbocycles. The maximum Gasteiger partial charge on any atom is 0.308 e. The van der Waals surface area contributed by atoms with Crippen molar-refractivity contribution in [2.45, 2.75) is 39.5 Å². The van der Waals surface area contributed by atoms with Crippen molar-refractivity contribution in [2.75, 3.05) is 13.6 Å². The molecule has 1 N–H and O–H groups in total. The van der Waals surface area contributed by atoms with Crippen LogP contribution in [-0.2, 0) is 17.6 Å². The van der Waals surface area contributed by atoms with Crippen LogP contribution in [0.3, 0.4) is 0 Å². The molecule has 21 heavy (non-hydrogen) atoms. The van der Waals surface area contributed by atoms with Crippen LogP contribution < -0.4 is 0 Å². The van der Waals surface area contributed by atoms with Gasteiger partial charge in [0.15, 0.2) is 0 Å². The first-order chi connectivity index (χ1) is 9.92. The van der Waals surface area contributed by atoms with Gasteiger partial charge >= 0.3 is 5.97 Å². The van der Waals surface area contributed by atoms with E-state index >= 15 is 0 Å². The Balaban J connectivity index is 2.07. The third-order valence-corrected chi connectivity index (χ3v) is 5.51. The van der Waals surface area contributed by atoms with Crippen molar-refractivity contribution >= 4 is 23.2 Å². The quantitative estimate of drug-likeness (QED) is 0.909. The molecule has 4 nitrogen and oxygen atoms in total. The molecule has 1 aromatic heterocycles. The highest BCUT2D eigenvalue weighted by molar-refractivity contribution is 7.14. The van der Waals surface area contributed by atoms with E-state index < -0.39 is 11.9 Å². The third-order valence-electron chi connectivity index (χ3n) is 4.29. The fourth-order valence-electron chi connectivity index (χ4n) is 2.81. The van der Waals surface area contributed by atoms with Crippen LogP contribution in [0.2, 0.25) is 0 Å². The van der Waals surface area contributed by atoms with Gasteiger partial charge < -0.3 is 10.0 Å². The first-order valence-corrected chi connectivity index (χ1v) is 8.33. The van der Waals surface area contributed by atoms with Gasteiger partial charge in [0.25, 0.3) is 5.91 Å². The van der Waals surface area contributed by atoms with Crippen LogP contribution in [0.15, 0.2) is 6.07 Å². The van der Waals surface area contributed by atoms with Gasteiger partial charge in [-0.25, -0.2) is 0 Å². The molecule has 116 valence electrons. The van der Waals surface area contributed by atoms with Gasteiger partial charge in [0.05, 0.1) is 10.8 Å². The monoisotopic (exact) mass is 309 g/mol. The molecular weight excluding hydrogens is 286 g/mol. The number of fused-ring (bicyclic) bond motifs is 1. The molecule has 5 heteroatoms. The number of carboxylic acid groups (broad SMARTS) is 1. The highest BCUT2D eigenvalue weighted by Crippen LogP contribution is 2.33. The van der Waals surface area contributed by atoms with E-state index in [0.29, 0.717) is 0 Å². The summed E-state index contributed by atoms with van der Waals surface area (Å²) in [4.78, 5) is 26.9. The molecule has 1 heterocycles. The van der Waals surface area contributed by atoms with Gasteiger partial charge in [0.2, 0.25) is 0 Å². The Morgan fingerprint density at radius 3 is 2.86 bits per heavy atom. The number of carbonyl (C=O) groups is 2. The minimum absolute atomic E-state index is 0.0597. The van der Waals surface area contributed by atoms with Crippen molar-refractivity contribution in [3.8, 4) is 0 Å². The van der Waals surface area contributed by atoms with Gasteiger partial charge in [-0.15, -0.1) is 11.3 Å². The Morgan fingerprint density at radius 1 is 1.52 bits per heavy atom. The lowest BCUT2D eigenvalue weighted by Gasteiger charge is -2.19. The van der Waals surface area contributed by atoms with Crippen molar-refractivity contribution in [3.63, 3.8) is 0 Å². The van der Waals surface area contributed by atoms with Gasteiger partial charge in [-0.05, 0) is 36.8 Å². The number of hydrogen-bond acceptors (Lipinski definition) is 3. The molecule has 1 aliphatic rings. The van der Waals surface area contributed by atoms with Crippen LogP contribution >= 0.6 is 11.3 Å². The molecule has 0 radical (unpaired) electrons. The van der Waals surface area contributed by atoms with Crippen LogP contribution in [0.1, 0.15) is 46.8 Å². The number of aryl methyl sites for hydroxylation is 1. The molecule has 0 saturated heterocycles. The molecule has 2 atom stereocenters. The van der Waals surface area contributed by atoms with Gasteiger partial charge in [-0.3, -0.25) is 9.59 Å². The summed E-state index contributed by atoms with van der Waals surface area (Å²) in [6.45, 7) is 4.08. The smallest absolute Gasteiger partial charge is 0.308 e. The second-order valence-electron chi connectivity index (χ2n) is 6.00. The lowest BCUT2D eigenvalue weighted by atomic mass is 9.87. The fourth-order valence-corrected chi connectivity index (χ4v) is 4.02. The van der Waals surface area contributed by atoms with Crippen LogP contribution in [0.4, 0.5) is 0 Å². The zero-order chi connectivity index (χ0) is 15.6. The van der Waals surface area contributed by atoms with Gasteiger partial charge in [-0.1, -0.05) is 20.3 Å².